The number of benzene rings is 1. The monoisotopic (exact) mass is 342 g/mol. The molecule has 2 aromatic rings. The lowest BCUT2D eigenvalue weighted by atomic mass is 10.2. The van der Waals surface area contributed by atoms with Crippen LogP contribution in [0.5, 0.6) is 11.5 Å². The SMILES string of the molecule is O=C(c1cnc(NCc2ccc3c(c2)OCO3)cn1)N1CCOCC1. The molecule has 25 heavy (non-hydrogen) atoms. The van der Waals surface area contributed by atoms with Crippen LogP contribution < -0.4 is 14.8 Å². The molecular weight excluding hydrogens is 324 g/mol. The highest BCUT2D eigenvalue weighted by Gasteiger charge is 2.19. The van der Waals surface area contributed by atoms with Gasteiger partial charge in [0.05, 0.1) is 25.6 Å². The van der Waals surface area contributed by atoms with E-state index in [9.17, 15) is 4.79 Å². The van der Waals surface area contributed by atoms with Gasteiger partial charge in [-0.3, -0.25) is 4.79 Å². The Morgan fingerprint density at radius 1 is 1.12 bits per heavy atom. The summed E-state index contributed by atoms with van der Waals surface area (Å²) in [4.78, 5) is 22.5. The summed E-state index contributed by atoms with van der Waals surface area (Å²) in [6.07, 6.45) is 3.07. The molecule has 0 bridgehead atoms. The van der Waals surface area contributed by atoms with Crippen LogP contribution in [0.25, 0.3) is 0 Å². The second-order valence-corrected chi connectivity index (χ2v) is 5.73. The van der Waals surface area contributed by atoms with Crippen LogP contribution in [0, 0.1) is 0 Å². The van der Waals surface area contributed by atoms with Crippen LogP contribution in [0.3, 0.4) is 0 Å². The molecule has 1 aromatic heterocycles. The number of amides is 1. The Kier molecular flexibility index (Phi) is 4.34. The maximum atomic E-state index is 12.3. The first-order chi connectivity index (χ1) is 12.3. The quantitative estimate of drug-likeness (QED) is 0.896. The highest BCUT2D eigenvalue weighted by Crippen LogP contribution is 2.32. The largest absolute Gasteiger partial charge is 0.454 e. The first kappa shape index (κ1) is 15.6. The molecule has 8 heteroatoms. The van der Waals surface area contributed by atoms with Gasteiger partial charge in [0.1, 0.15) is 11.5 Å². The van der Waals surface area contributed by atoms with Gasteiger partial charge < -0.3 is 24.4 Å². The van der Waals surface area contributed by atoms with Crippen LogP contribution in [0.1, 0.15) is 16.1 Å². The molecule has 1 N–H and O–H groups in total. The van der Waals surface area contributed by atoms with Gasteiger partial charge in [0.15, 0.2) is 11.5 Å². The molecular formula is C17H18N4O4. The average molecular weight is 342 g/mol. The molecule has 0 radical (unpaired) electrons. The number of hydrogen-bond acceptors (Lipinski definition) is 7. The number of fused-ring (bicyclic) bond motifs is 1. The summed E-state index contributed by atoms with van der Waals surface area (Å²) in [5.74, 6) is 2.00. The predicted octanol–water partition coefficient (Wildman–Crippen LogP) is 1.29. The molecule has 0 atom stereocenters. The van der Waals surface area contributed by atoms with Gasteiger partial charge in [-0.05, 0) is 17.7 Å². The number of carbonyl (C=O) groups is 1. The van der Waals surface area contributed by atoms with Crippen molar-refractivity contribution in [3.05, 3.63) is 41.9 Å². The van der Waals surface area contributed by atoms with E-state index >= 15 is 0 Å². The molecule has 0 aliphatic carbocycles. The number of aromatic nitrogens is 2. The summed E-state index contributed by atoms with van der Waals surface area (Å²) in [6.45, 7) is 3.14. The van der Waals surface area contributed by atoms with Crippen LogP contribution in [0.15, 0.2) is 30.6 Å². The maximum Gasteiger partial charge on any atom is 0.274 e. The molecule has 1 saturated heterocycles. The van der Waals surface area contributed by atoms with Crippen LogP contribution in [0.4, 0.5) is 5.82 Å². The second kappa shape index (κ2) is 6.94. The Morgan fingerprint density at radius 3 is 2.76 bits per heavy atom. The first-order valence-corrected chi connectivity index (χ1v) is 8.11. The number of nitrogens with one attached hydrogen (secondary N) is 1. The van der Waals surface area contributed by atoms with Crippen molar-refractivity contribution >= 4 is 11.7 Å². The van der Waals surface area contributed by atoms with Crippen molar-refractivity contribution in [3.63, 3.8) is 0 Å². The minimum Gasteiger partial charge on any atom is -0.454 e. The summed E-state index contributed by atoms with van der Waals surface area (Å²) >= 11 is 0. The number of carbonyl (C=O) groups excluding carboxylic acids is 1. The van der Waals surface area contributed by atoms with Gasteiger partial charge >= 0.3 is 0 Å². The zero-order valence-corrected chi connectivity index (χ0v) is 13.6. The number of hydrogen-bond donors (Lipinski definition) is 1. The molecule has 4 rings (SSSR count). The molecule has 0 spiro atoms. The molecule has 0 unspecified atom stereocenters. The van der Waals surface area contributed by atoms with Gasteiger partial charge in [0.25, 0.3) is 5.91 Å². The number of nitrogens with zero attached hydrogens (tertiary/aromatic N) is 3. The summed E-state index contributed by atoms with van der Waals surface area (Å²) in [5, 5.41) is 3.18. The van der Waals surface area contributed by atoms with E-state index in [1.54, 1.807) is 11.1 Å². The number of anilines is 1. The lowest BCUT2D eigenvalue weighted by molar-refractivity contribution is 0.0298. The fourth-order valence-electron chi connectivity index (χ4n) is 2.70. The standard InChI is InChI=1S/C17H18N4O4/c22-17(21-3-5-23-6-4-21)13-9-20-16(10-18-13)19-8-12-1-2-14-15(7-12)25-11-24-14/h1-2,7,9-10H,3-6,8,11H2,(H,19,20). The molecule has 1 fully saturated rings. The van der Waals surface area contributed by atoms with Crippen molar-refractivity contribution in [1.29, 1.82) is 0 Å². The number of morpholine rings is 1. The molecule has 8 nitrogen and oxygen atoms in total. The summed E-state index contributed by atoms with van der Waals surface area (Å²) in [7, 11) is 0. The minimum atomic E-state index is -0.113. The van der Waals surface area contributed by atoms with Crippen molar-refractivity contribution in [2.75, 3.05) is 38.4 Å². The van der Waals surface area contributed by atoms with Crippen LogP contribution in [0.2, 0.25) is 0 Å². The third-order valence-corrected chi connectivity index (χ3v) is 4.08. The molecule has 2 aliphatic heterocycles. The van der Waals surface area contributed by atoms with Crippen molar-refractivity contribution in [3.8, 4) is 11.5 Å². The van der Waals surface area contributed by atoms with Gasteiger partial charge in [0, 0.05) is 19.6 Å². The topological polar surface area (TPSA) is 85.8 Å². The summed E-state index contributed by atoms with van der Waals surface area (Å²) < 4.78 is 15.9. The fourth-order valence-corrected chi connectivity index (χ4v) is 2.70. The van der Waals surface area contributed by atoms with E-state index in [2.05, 4.69) is 15.3 Å². The van der Waals surface area contributed by atoms with Gasteiger partial charge in [-0.1, -0.05) is 6.07 Å². The predicted molar refractivity (Wildman–Crippen MR) is 88.6 cm³/mol. The number of ether oxygens (including phenoxy) is 3. The summed E-state index contributed by atoms with van der Waals surface area (Å²) in [5.41, 5.74) is 1.38. The Bertz CT molecular complexity index is 760. The van der Waals surface area contributed by atoms with E-state index in [4.69, 9.17) is 14.2 Å². The zero-order chi connectivity index (χ0) is 17.1. The minimum absolute atomic E-state index is 0.113. The first-order valence-electron chi connectivity index (χ1n) is 8.11. The molecule has 130 valence electrons. The average Bonchev–Trinajstić information content (AvgIpc) is 3.15. The smallest absolute Gasteiger partial charge is 0.274 e. The normalized spacial score (nSPS) is 15.9. The van der Waals surface area contributed by atoms with Crippen LogP contribution in [-0.4, -0.2) is 53.9 Å². The van der Waals surface area contributed by atoms with Crippen LogP contribution >= 0.6 is 0 Å². The molecule has 1 amide bonds. The fraction of sp³-hybridized carbons (Fsp3) is 0.353. The lowest BCUT2D eigenvalue weighted by Crippen LogP contribution is -2.41. The van der Waals surface area contributed by atoms with Crippen LogP contribution in [-0.2, 0) is 11.3 Å². The van der Waals surface area contributed by atoms with Gasteiger partial charge in [-0.15, -0.1) is 0 Å². The Balaban J connectivity index is 1.36. The van der Waals surface area contributed by atoms with E-state index < -0.39 is 0 Å². The van der Waals surface area contributed by atoms with E-state index in [0.29, 0.717) is 44.4 Å². The van der Waals surface area contributed by atoms with E-state index in [0.717, 1.165) is 17.1 Å². The molecule has 2 aliphatic rings. The van der Waals surface area contributed by atoms with E-state index in [-0.39, 0.29) is 12.7 Å². The molecule has 0 saturated carbocycles. The van der Waals surface area contributed by atoms with Crippen molar-refractivity contribution in [2.45, 2.75) is 6.54 Å². The molecule has 1 aromatic carbocycles. The molecule has 3 heterocycles. The van der Waals surface area contributed by atoms with Crippen molar-refractivity contribution in [1.82, 2.24) is 14.9 Å². The third-order valence-electron chi connectivity index (χ3n) is 4.08. The van der Waals surface area contributed by atoms with Gasteiger partial charge in [0.2, 0.25) is 6.79 Å². The zero-order valence-electron chi connectivity index (χ0n) is 13.6. The maximum absolute atomic E-state index is 12.3. The Labute approximate surface area is 144 Å². The second-order valence-electron chi connectivity index (χ2n) is 5.73. The van der Waals surface area contributed by atoms with E-state index in [1.165, 1.54) is 6.20 Å². The van der Waals surface area contributed by atoms with Crippen molar-refractivity contribution < 1.29 is 19.0 Å². The van der Waals surface area contributed by atoms with Gasteiger partial charge in [-0.2, -0.15) is 0 Å². The van der Waals surface area contributed by atoms with Crippen molar-refractivity contribution in [2.24, 2.45) is 0 Å². The Hall–Kier alpha value is -2.87. The van der Waals surface area contributed by atoms with E-state index in [1.807, 2.05) is 18.2 Å². The highest BCUT2D eigenvalue weighted by molar-refractivity contribution is 5.92. The highest BCUT2D eigenvalue weighted by atomic mass is 16.7. The van der Waals surface area contributed by atoms with Gasteiger partial charge in [-0.25, -0.2) is 9.97 Å². The number of rotatable bonds is 4. The third kappa shape index (κ3) is 3.48. The Morgan fingerprint density at radius 2 is 1.96 bits per heavy atom. The lowest BCUT2D eigenvalue weighted by Gasteiger charge is -2.26. The summed E-state index contributed by atoms with van der Waals surface area (Å²) in [6, 6.07) is 5.78.